The van der Waals surface area contributed by atoms with Crippen molar-refractivity contribution in [2.75, 3.05) is 6.61 Å². The van der Waals surface area contributed by atoms with Crippen molar-refractivity contribution in [1.82, 2.24) is 0 Å². The largest absolute Gasteiger partial charge is 0.481 e. The zero-order chi connectivity index (χ0) is 26.4. The summed E-state index contributed by atoms with van der Waals surface area (Å²) in [6, 6.07) is 0. The fourth-order valence-corrected chi connectivity index (χ4v) is 4.31. The first kappa shape index (κ1) is 34.4. The number of carboxylic acids is 1. The van der Waals surface area contributed by atoms with Crippen LogP contribution in [-0.2, 0) is 14.3 Å². The van der Waals surface area contributed by atoms with Gasteiger partial charge in [-0.3, -0.25) is 9.59 Å². The molecule has 0 saturated heterocycles. The molecule has 0 saturated carbocycles. The molecular weight excluding hydrogens is 448 g/mol. The monoisotopic (exact) mass is 506 g/mol. The standard InChI is InChI=1S/C32H58O4/c1-2-3-4-5-6-7-8-9-10-11-14-17-20-23-26-29-32(35)36-30-27-24-21-18-15-12-13-16-19-22-25-28-31(33)34/h6-7,9-10H,2-5,8,11-30H2,1H3,(H,33,34)/b7-6-,10-9-. The van der Waals surface area contributed by atoms with E-state index in [9.17, 15) is 9.59 Å². The molecule has 1 N–H and O–H groups in total. The SMILES string of the molecule is CCCCC/C=C\C/C=C\CCCCCCCC(=O)OCCCCCCCCCCCCCC(=O)O. The van der Waals surface area contributed by atoms with Gasteiger partial charge >= 0.3 is 11.9 Å². The number of rotatable bonds is 28. The molecule has 210 valence electrons. The predicted molar refractivity (Wildman–Crippen MR) is 153 cm³/mol. The molecule has 0 aromatic rings. The normalized spacial score (nSPS) is 11.6. The average Bonchev–Trinajstić information content (AvgIpc) is 2.86. The molecule has 0 amide bonds. The summed E-state index contributed by atoms with van der Waals surface area (Å²) in [5, 5.41) is 8.60. The van der Waals surface area contributed by atoms with Gasteiger partial charge in [0.15, 0.2) is 0 Å². The van der Waals surface area contributed by atoms with E-state index in [0.29, 0.717) is 19.4 Å². The fourth-order valence-electron chi connectivity index (χ4n) is 4.31. The van der Waals surface area contributed by atoms with Gasteiger partial charge in [0.2, 0.25) is 0 Å². The van der Waals surface area contributed by atoms with Crippen LogP contribution in [0.2, 0.25) is 0 Å². The van der Waals surface area contributed by atoms with E-state index in [1.807, 2.05) is 0 Å². The fraction of sp³-hybridized carbons (Fsp3) is 0.812. The van der Waals surface area contributed by atoms with Crippen LogP contribution in [0.4, 0.5) is 0 Å². The maximum atomic E-state index is 11.8. The van der Waals surface area contributed by atoms with Crippen LogP contribution in [0.3, 0.4) is 0 Å². The highest BCUT2D eigenvalue weighted by Gasteiger charge is 2.02. The van der Waals surface area contributed by atoms with E-state index in [1.54, 1.807) is 0 Å². The molecule has 0 atom stereocenters. The average molecular weight is 507 g/mol. The second-order valence-corrected chi connectivity index (χ2v) is 10.2. The Hall–Kier alpha value is -1.58. The zero-order valence-electron chi connectivity index (χ0n) is 23.7. The van der Waals surface area contributed by atoms with Gasteiger partial charge in [0.1, 0.15) is 0 Å². The summed E-state index contributed by atoms with van der Waals surface area (Å²) in [4.78, 5) is 22.3. The number of unbranched alkanes of at least 4 members (excludes halogenated alkanes) is 18. The molecule has 36 heavy (non-hydrogen) atoms. The van der Waals surface area contributed by atoms with Crippen LogP contribution in [0.1, 0.15) is 161 Å². The Morgan fingerprint density at radius 1 is 0.556 bits per heavy atom. The van der Waals surface area contributed by atoms with Crippen molar-refractivity contribution < 1.29 is 19.4 Å². The van der Waals surface area contributed by atoms with Crippen LogP contribution < -0.4 is 0 Å². The first-order chi connectivity index (χ1) is 17.7. The Bertz CT molecular complexity index is 538. The van der Waals surface area contributed by atoms with Crippen molar-refractivity contribution in [1.29, 1.82) is 0 Å². The van der Waals surface area contributed by atoms with Gasteiger partial charge in [-0.2, -0.15) is 0 Å². The summed E-state index contributed by atoms with van der Waals surface area (Å²) < 4.78 is 5.38. The number of esters is 1. The minimum atomic E-state index is -0.679. The number of carboxylic acid groups (broad SMARTS) is 1. The number of hydrogen-bond acceptors (Lipinski definition) is 3. The molecule has 0 heterocycles. The van der Waals surface area contributed by atoms with Crippen molar-refractivity contribution in [3.63, 3.8) is 0 Å². The second kappa shape index (κ2) is 29.6. The van der Waals surface area contributed by atoms with Gasteiger partial charge < -0.3 is 9.84 Å². The van der Waals surface area contributed by atoms with Crippen molar-refractivity contribution in [2.24, 2.45) is 0 Å². The van der Waals surface area contributed by atoms with Gasteiger partial charge in [-0.1, -0.05) is 121 Å². The van der Waals surface area contributed by atoms with E-state index in [0.717, 1.165) is 51.4 Å². The van der Waals surface area contributed by atoms with Crippen LogP contribution in [0.15, 0.2) is 24.3 Å². The van der Waals surface area contributed by atoms with E-state index in [-0.39, 0.29) is 5.97 Å². The van der Waals surface area contributed by atoms with Crippen molar-refractivity contribution in [3.05, 3.63) is 24.3 Å². The Balaban J connectivity index is 3.24. The van der Waals surface area contributed by atoms with Crippen LogP contribution >= 0.6 is 0 Å². The quantitative estimate of drug-likeness (QED) is 0.0651. The molecule has 0 aliphatic heterocycles. The number of carbonyl (C=O) groups excluding carboxylic acids is 1. The van der Waals surface area contributed by atoms with Gasteiger partial charge in [-0.25, -0.2) is 0 Å². The van der Waals surface area contributed by atoms with Crippen LogP contribution in [0, 0.1) is 0 Å². The Morgan fingerprint density at radius 3 is 1.53 bits per heavy atom. The summed E-state index contributed by atoms with van der Waals surface area (Å²) in [6.45, 7) is 2.82. The molecule has 0 bridgehead atoms. The van der Waals surface area contributed by atoms with Gasteiger partial charge in [-0.05, 0) is 51.4 Å². The molecule has 0 aromatic heterocycles. The smallest absolute Gasteiger partial charge is 0.305 e. The molecule has 0 spiro atoms. The topological polar surface area (TPSA) is 63.6 Å². The zero-order valence-corrected chi connectivity index (χ0v) is 23.7. The molecule has 0 aliphatic rings. The number of ether oxygens (including phenoxy) is 1. The number of aliphatic carboxylic acids is 1. The van der Waals surface area contributed by atoms with Crippen LogP contribution in [0.25, 0.3) is 0 Å². The van der Waals surface area contributed by atoms with E-state index in [4.69, 9.17) is 9.84 Å². The first-order valence-corrected chi connectivity index (χ1v) is 15.3. The Labute approximate surface area is 223 Å². The van der Waals surface area contributed by atoms with Gasteiger partial charge in [0.05, 0.1) is 6.61 Å². The Kier molecular flexibility index (Phi) is 28.3. The third-order valence-corrected chi connectivity index (χ3v) is 6.63. The minimum absolute atomic E-state index is 0.0240. The van der Waals surface area contributed by atoms with E-state index >= 15 is 0 Å². The number of allylic oxidation sites excluding steroid dienone is 4. The lowest BCUT2D eigenvalue weighted by molar-refractivity contribution is -0.144. The highest BCUT2D eigenvalue weighted by atomic mass is 16.5. The number of hydrogen-bond donors (Lipinski definition) is 1. The molecule has 0 aromatic carbocycles. The predicted octanol–water partition coefficient (Wildman–Crippen LogP) is 10.1. The summed E-state index contributed by atoms with van der Waals surface area (Å²) in [5.41, 5.74) is 0. The number of carbonyl (C=O) groups is 2. The summed E-state index contributed by atoms with van der Waals surface area (Å²) in [5.74, 6) is -0.703. The van der Waals surface area contributed by atoms with Gasteiger partial charge in [0.25, 0.3) is 0 Å². The highest BCUT2D eigenvalue weighted by Crippen LogP contribution is 2.13. The van der Waals surface area contributed by atoms with Crippen molar-refractivity contribution in [3.8, 4) is 0 Å². The van der Waals surface area contributed by atoms with Crippen molar-refractivity contribution in [2.45, 2.75) is 161 Å². The molecule has 0 fully saturated rings. The third-order valence-electron chi connectivity index (χ3n) is 6.63. The lowest BCUT2D eigenvalue weighted by Crippen LogP contribution is -2.05. The molecule has 4 heteroatoms. The second-order valence-electron chi connectivity index (χ2n) is 10.2. The van der Waals surface area contributed by atoms with E-state index in [2.05, 4.69) is 31.2 Å². The molecular formula is C32H58O4. The maximum Gasteiger partial charge on any atom is 0.305 e. The van der Waals surface area contributed by atoms with Crippen molar-refractivity contribution >= 4 is 11.9 Å². The minimum Gasteiger partial charge on any atom is -0.481 e. The first-order valence-electron chi connectivity index (χ1n) is 15.3. The highest BCUT2D eigenvalue weighted by molar-refractivity contribution is 5.69. The summed E-state index contributed by atoms with van der Waals surface area (Å²) in [7, 11) is 0. The van der Waals surface area contributed by atoms with Gasteiger partial charge in [0, 0.05) is 12.8 Å². The maximum absolute atomic E-state index is 11.8. The lowest BCUT2D eigenvalue weighted by atomic mass is 10.1. The van der Waals surface area contributed by atoms with E-state index < -0.39 is 5.97 Å². The lowest BCUT2D eigenvalue weighted by Gasteiger charge is -2.05. The van der Waals surface area contributed by atoms with Crippen LogP contribution in [-0.4, -0.2) is 23.7 Å². The molecule has 0 aliphatic carbocycles. The summed E-state index contributed by atoms with van der Waals surface area (Å²) >= 11 is 0. The van der Waals surface area contributed by atoms with Crippen LogP contribution in [0.5, 0.6) is 0 Å². The third kappa shape index (κ3) is 30.5. The van der Waals surface area contributed by atoms with E-state index in [1.165, 1.54) is 89.9 Å². The Morgan fingerprint density at radius 2 is 1.00 bits per heavy atom. The summed E-state index contributed by atoms with van der Waals surface area (Å²) in [6.07, 6.45) is 35.9. The molecule has 0 radical (unpaired) electrons. The molecule has 0 rings (SSSR count). The van der Waals surface area contributed by atoms with Gasteiger partial charge in [-0.15, -0.1) is 0 Å². The molecule has 0 unspecified atom stereocenters. The molecule has 4 nitrogen and oxygen atoms in total.